The van der Waals surface area contributed by atoms with Crippen LogP contribution in [0.4, 0.5) is 0 Å². The zero-order chi connectivity index (χ0) is 14.1. The Morgan fingerprint density at radius 2 is 2.20 bits per heavy atom. The Morgan fingerprint density at radius 1 is 1.35 bits per heavy atom. The standard InChI is InChI=1S/C14H12ClN3O2/c1-8-6-9(15)7-10(12(8)19)14-17-13(18-20-14)11-4-2-3-5-16-11/h2-8,12,19H,1H3. The van der Waals surface area contributed by atoms with Crippen LogP contribution in [0.25, 0.3) is 17.1 Å². The molecule has 0 saturated heterocycles. The van der Waals surface area contributed by atoms with Crippen molar-refractivity contribution in [3.63, 3.8) is 0 Å². The minimum absolute atomic E-state index is 0.104. The molecular weight excluding hydrogens is 278 g/mol. The molecule has 0 aromatic carbocycles. The minimum Gasteiger partial charge on any atom is -0.388 e. The predicted octanol–water partition coefficient (Wildman–Crippen LogP) is 2.65. The first kappa shape index (κ1) is 13.0. The van der Waals surface area contributed by atoms with Crippen LogP contribution in [0.2, 0.25) is 0 Å². The predicted molar refractivity (Wildman–Crippen MR) is 74.6 cm³/mol. The second-order valence-corrected chi connectivity index (χ2v) is 5.03. The van der Waals surface area contributed by atoms with Crippen LogP contribution in [-0.2, 0) is 0 Å². The third kappa shape index (κ3) is 2.37. The van der Waals surface area contributed by atoms with Gasteiger partial charge in [-0.05, 0) is 18.2 Å². The van der Waals surface area contributed by atoms with E-state index in [4.69, 9.17) is 16.1 Å². The summed E-state index contributed by atoms with van der Waals surface area (Å²) < 4.78 is 5.21. The van der Waals surface area contributed by atoms with Gasteiger partial charge in [-0.15, -0.1) is 0 Å². The van der Waals surface area contributed by atoms with Crippen molar-refractivity contribution < 1.29 is 9.63 Å². The van der Waals surface area contributed by atoms with E-state index in [2.05, 4.69) is 15.1 Å². The molecule has 2 aromatic heterocycles. The molecule has 1 N–H and O–H groups in total. The maximum absolute atomic E-state index is 10.2. The summed E-state index contributed by atoms with van der Waals surface area (Å²) in [6.45, 7) is 1.87. The number of hydrogen-bond acceptors (Lipinski definition) is 5. The van der Waals surface area contributed by atoms with Crippen molar-refractivity contribution in [1.29, 1.82) is 0 Å². The zero-order valence-electron chi connectivity index (χ0n) is 10.7. The molecule has 2 heterocycles. The van der Waals surface area contributed by atoms with Crippen LogP contribution < -0.4 is 0 Å². The highest BCUT2D eigenvalue weighted by Gasteiger charge is 2.27. The number of aromatic nitrogens is 3. The Kier molecular flexibility index (Phi) is 3.38. The molecular formula is C14H12ClN3O2. The first-order valence-electron chi connectivity index (χ1n) is 6.17. The average molecular weight is 290 g/mol. The Bertz CT molecular complexity index is 679. The normalized spacial score (nSPS) is 22.4. The molecule has 6 heteroatoms. The lowest BCUT2D eigenvalue weighted by Gasteiger charge is -2.20. The first-order valence-corrected chi connectivity index (χ1v) is 6.55. The van der Waals surface area contributed by atoms with Crippen molar-refractivity contribution in [3.05, 3.63) is 47.5 Å². The molecule has 2 unspecified atom stereocenters. The van der Waals surface area contributed by atoms with E-state index in [1.807, 2.05) is 19.1 Å². The van der Waals surface area contributed by atoms with Crippen LogP contribution in [0.15, 0.2) is 46.1 Å². The van der Waals surface area contributed by atoms with Crippen molar-refractivity contribution in [1.82, 2.24) is 15.1 Å². The number of allylic oxidation sites excluding steroid dienone is 2. The fourth-order valence-corrected chi connectivity index (χ4v) is 2.35. The molecule has 0 saturated carbocycles. The van der Waals surface area contributed by atoms with Crippen molar-refractivity contribution in [3.8, 4) is 11.5 Å². The summed E-state index contributed by atoms with van der Waals surface area (Å²) in [5.41, 5.74) is 1.14. The highest BCUT2D eigenvalue weighted by molar-refractivity contribution is 6.31. The number of halogens is 1. The Balaban J connectivity index is 1.97. The van der Waals surface area contributed by atoms with Gasteiger partial charge >= 0.3 is 0 Å². The van der Waals surface area contributed by atoms with E-state index in [1.54, 1.807) is 24.4 Å². The minimum atomic E-state index is -0.713. The van der Waals surface area contributed by atoms with Crippen LogP contribution in [0.3, 0.4) is 0 Å². The van der Waals surface area contributed by atoms with E-state index in [0.717, 1.165) is 0 Å². The molecule has 0 radical (unpaired) electrons. The molecule has 1 aliphatic carbocycles. The van der Waals surface area contributed by atoms with Crippen molar-refractivity contribution in [2.75, 3.05) is 0 Å². The summed E-state index contributed by atoms with van der Waals surface area (Å²) in [5, 5.41) is 14.6. The van der Waals surface area contributed by atoms with Gasteiger partial charge in [-0.25, -0.2) is 0 Å². The molecule has 5 nitrogen and oxygen atoms in total. The van der Waals surface area contributed by atoms with Gasteiger partial charge < -0.3 is 9.63 Å². The van der Waals surface area contributed by atoms with Crippen molar-refractivity contribution >= 4 is 17.2 Å². The molecule has 102 valence electrons. The highest BCUT2D eigenvalue weighted by Crippen LogP contribution is 2.31. The molecule has 20 heavy (non-hydrogen) atoms. The van der Waals surface area contributed by atoms with Crippen LogP contribution in [0.5, 0.6) is 0 Å². The largest absolute Gasteiger partial charge is 0.388 e. The van der Waals surface area contributed by atoms with Gasteiger partial charge in [0, 0.05) is 22.7 Å². The van der Waals surface area contributed by atoms with E-state index in [9.17, 15) is 5.11 Å². The van der Waals surface area contributed by atoms with Gasteiger partial charge in [-0.1, -0.05) is 35.8 Å². The number of pyridine rings is 1. The number of nitrogens with zero attached hydrogens (tertiary/aromatic N) is 3. The topological polar surface area (TPSA) is 72.0 Å². The monoisotopic (exact) mass is 289 g/mol. The maximum Gasteiger partial charge on any atom is 0.256 e. The lowest BCUT2D eigenvalue weighted by Crippen LogP contribution is -2.20. The average Bonchev–Trinajstić information content (AvgIpc) is 2.93. The Hall–Kier alpha value is -1.98. The molecule has 3 rings (SSSR count). The number of rotatable bonds is 2. The smallest absolute Gasteiger partial charge is 0.256 e. The second kappa shape index (κ2) is 5.19. The molecule has 2 aromatic rings. The maximum atomic E-state index is 10.2. The molecule has 1 aliphatic rings. The lowest BCUT2D eigenvalue weighted by atomic mass is 9.92. The molecule has 0 spiro atoms. The highest BCUT2D eigenvalue weighted by atomic mass is 35.5. The van der Waals surface area contributed by atoms with Gasteiger partial charge in [-0.2, -0.15) is 4.98 Å². The van der Waals surface area contributed by atoms with E-state index >= 15 is 0 Å². The quantitative estimate of drug-likeness (QED) is 0.920. The van der Waals surface area contributed by atoms with Crippen LogP contribution in [-0.4, -0.2) is 26.3 Å². The summed E-state index contributed by atoms with van der Waals surface area (Å²) in [6.07, 6.45) is 4.37. The lowest BCUT2D eigenvalue weighted by molar-refractivity contribution is 0.189. The fourth-order valence-electron chi connectivity index (χ4n) is 2.04. The summed E-state index contributed by atoms with van der Waals surface area (Å²) in [4.78, 5) is 8.42. The van der Waals surface area contributed by atoms with Gasteiger partial charge in [0.25, 0.3) is 5.89 Å². The third-order valence-electron chi connectivity index (χ3n) is 3.10. The van der Waals surface area contributed by atoms with Crippen molar-refractivity contribution in [2.24, 2.45) is 5.92 Å². The van der Waals surface area contributed by atoms with E-state index in [-0.39, 0.29) is 11.8 Å². The van der Waals surface area contributed by atoms with Gasteiger partial charge in [0.1, 0.15) is 5.69 Å². The summed E-state index contributed by atoms with van der Waals surface area (Å²) in [6, 6.07) is 5.44. The van der Waals surface area contributed by atoms with Crippen LogP contribution >= 0.6 is 11.6 Å². The van der Waals surface area contributed by atoms with E-state index in [1.165, 1.54) is 0 Å². The molecule has 2 atom stereocenters. The molecule has 0 fully saturated rings. The van der Waals surface area contributed by atoms with E-state index in [0.29, 0.717) is 22.1 Å². The first-order chi connectivity index (χ1) is 9.65. The Labute approximate surface area is 120 Å². The zero-order valence-corrected chi connectivity index (χ0v) is 11.4. The number of hydrogen-bond donors (Lipinski definition) is 1. The van der Waals surface area contributed by atoms with E-state index < -0.39 is 6.10 Å². The van der Waals surface area contributed by atoms with Crippen molar-refractivity contribution in [2.45, 2.75) is 13.0 Å². The number of aliphatic hydroxyl groups excluding tert-OH is 1. The molecule has 0 bridgehead atoms. The van der Waals surface area contributed by atoms with Gasteiger partial charge in [0.05, 0.1) is 6.10 Å². The summed E-state index contributed by atoms with van der Waals surface area (Å²) >= 11 is 6.02. The van der Waals surface area contributed by atoms with Gasteiger partial charge in [0.2, 0.25) is 5.82 Å². The molecule has 0 amide bonds. The summed E-state index contributed by atoms with van der Waals surface area (Å²) in [7, 11) is 0. The van der Waals surface area contributed by atoms with Crippen LogP contribution in [0, 0.1) is 5.92 Å². The Morgan fingerprint density at radius 3 is 2.95 bits per heavy atom. The summed E-state index contributed by atoms with van der Waals surface area (Å²) in [5.74, 6) is 0.538. The van der Waals surface area contributed by atoms with Gasteiger partial charge in [0.15, 0.2) is 0 Å². The molecule has 0 aliphatic heterocycles. The third-order valence-corrected chi connectivity index (χ3v) is 3.33. The van der Waals surface area contributed by atoms with Crippen LogP contribution in [0.1, 0.15) is 12.8 Å². The van der Waals surface area contributed by atoms with Gasteiger partial charge in [-0.3, -0.25) is 4.98 Å². The fraction of sp³-hybridized carbons (Fsp3) is 0.214. The second-order valence-electron chi connectivity index (χ2n) is 4.59. The SMILES string of the molecule is CC1C=C(Cl)C=C(c2nc(-c3ccccn3)no2)C1O. The number of aliphatic hydroxyl groups is 1.